The van der Waals surface area contributed by atoms with Crippen LogP contribution in [0, 0.1) is 5.92 Å². The number of thiazole rings is 1. The monoisotopic (exact) mass is 343 g/mol. The predicted molar refractivity (Wildman–Crippen MR) is 98.9 cm³/mol. The lowest BCUT2D eigenvalue weighted by Gasteiger charge is -2.22. The highest BCUT2D eigenvalue weighted by Crippen LogP contribution is 2.25. The minimum Gasteiger partial charge on any atom is -0.347 e. The van der Waals surface area contributed by atoms with E-state index in [1.807, 2.05) is 25.1 Å². The first-order valence-corrected chi connectivity index (χ1v) is 9.61. The zero-order valence-corrected chi connectivity index (χ0v) is 14.9. The molecule has 2 aromatic rings. The topological polar surface area (TPSA) is 54.0 Å². The van der Waals surface area contributed by atoms with E-state index < -0.39 is 0 Å². The van der Waals surface area contributed by atoms with Crippen molar-refractivity contribution in [3.05, 3.63) is 40.7 Å². The van der Waals surface area contributed by atoms with Gasteiger partial charge >= 0.3 is 0 Å². The van der Waals surface area contributed by atoms with Gasteiger partial charge in [-0.3, -0.25) is 4.79 Å². The number of carbonyl (C=O) groups is 1. The highest BCUT2D eigenvalue weighted by atomic mass is 32.1. The summed E-state index contributed by atoms with van der Waals surface area (Å²) in [6.45, 7) is 4.18. The Labute approximate surface area is 147 Å². The van der Waals surface area contributed by atoms with Crippen molar-refractivity contribution in [1.82, 2.24) is 15.6 Å². The summed E-state index contributed by atoms with van der Waals surface area (Å²) in [5.74, 6) is 0.828. The number of nitrogens with one attached hydrogen (secondary N) is 2. The van der Waals surface area contributed by atoms with Crippen LogP contribution in [0.25, 0.3) is 11.3 Å². The first-order valence-electron chi connectivity index (χ1n) is 8.73. The van der Waals surface area contributed by atoms with Gasteiger partial charge in [-0.25, -0.2) is 4.98 Å². The Hall–Kier alpha value is -1.72. The average Bonchev–Trinajstić information content (AvgIpc) is 3.12. The molecule has 0 aliphatic carbocycles. The van der Waals surface area contributed by atoms with Crippen LogP contribution in [0.2, 0.25) is 0 Å². The van der Waals surface area contributed by atoms with Gasteiger partial charge in [0.05, 0.1) is 11.7 Å². The molecule has 1 saturated heterocycles. The second kappa shape index (κ2) is 8.40. The van der Waals surface area contributed by atoms with Crippen LogP contribution < -0.4 is 10.6 Å². The normalized spacial score (nSPS) is 16.7. The third kappa shape index (κ3) is 4.65. The van der Waals surface area contributed by atoms with E-state index in [2.05, 4.69) is 33.1 Å². The Bertz CT molecular complexity index is 650. The van der Waals surface area contributed by atoms with Crippen molar-refractivity contribution in [2.45, 2.75) is 38.6 Å². The largest absolute Gasteiger partial charge is 0.347 e. The summed E-state index contributed by atoms with van der Waals surface area (Å²) in [5, 5.41) is 9.48. The zero-order chi connectivity index (χ0) is 16.8. The minimum atomic E-state index is -0.0343. The predicted octanol–water partition coefficient (Wildman–Crippen LogP) is 3.77. The molecule has 1 aliphatic rings. The molecule has 1 atom stereocenters. The van der Waals surface area contributed by atoms with Crippen LogP contribution in [0.5, 0.6) is 0 Å². The van der Waals surface area contributed by atoms with Crippen molar-refractivity contribution in [2.24, 2.45) is 5.92 Å². The van der Waals surface area contributed by atoms with Gasteiger partial charge in [0.1, 0.15) is 5.01 Å². The lowest BCUT2D eigenvalue weighted by Crippen LogP contribution is -2.30. The Balaban J connectivity index is 1.50. The maximum atomic E-state index is 12.2. The molecule has 3 rings (SSSR count). The fourth-order valence-corrected chi connectivity index (χ4v) is 3.94. The van der Waals surface area contributed by atoms with Gasteiger partial charge in [-0.2, -0.15) is 0 Å². The Morgan fingerprint density at radius 1 is 1.33 bits per heavy atom. The lowest BCUT2D eigenvalue weighted by molar-refractivity contribution is -0.122. The van der Waals surface area contributed by atoms with Crippen LogP contribution in [0.3, 0.4) is 0 Å². The third-order valence-electron chi connectivity index (χ3n) is 4.58. The Morgan fingerprint density at radius 2 is 2.08 bits per heavy atom. The van der Waals surface area contributed by atoms with Crippen molar-refractivity contribution in [3.8, 4) is 11.3 Å². The van der Waals surface area contributed by atoms with Gasteiger partial charge in [-0.1, -0.05) is 30.3 Å². The van der Waals surface area contributed by atoms with Gasteiger partial charge in [0, 0.05) is 17.4 Å². The number of hydrogen-bond donors (Lipinski definition) is 2. The summed E-state index contributed by atoms with van der Waals surface area (Å²) in [5.41, 5.74) is 2.09. The standard InChI is InChI=1S/C19H25N3OS/c1-14(21-18(23)8-7-15-9-11-20-12-10-15)19-22-17(13-24-19)16-5-3-2-4-6-16/h2-6,13-15,20H,7-12H2,1H3,(H,21,23). The molecule has 1 fully saturated rings. The fourth-order valence-electron chi connectivity index (χ4n) is 3.11. The molecule has 1 unspecified atom stereocenters. The van der Waals surface area contributed by atoms with E-state index in [-0.39, 0.29) is 11.9 Å². The molecule has 128 valence electrons. The second-order valence-electron chi connectivity index (χ2n) is 6.46. The van der Waals surface area contributed by atoms with Crippen molar-refractivity contribution in [1.29, 1.82) is 0 Å². The number of benzene rings is 1. The molecule has 2 N–H and O–H groups in total. The van der Waals surface area contributed by atoms with Gasteiger partial charge < -0.3 is 10.6 Å². The van der Waals surface area contributed by atoms with Gasteiger partial charge in [0.2, 0.25) is 5.91 Å². The molecule has 0 saturated carbocycles. The molecular formula is C19H25N3OS. The van der Waals surface area contributed by atoms with Gasteiger partial charge in [-0.15, -0.1) is 11.3 Å². The minimum absolute atomic E-state index is 0.0343. The number of piperidine rings is 1. The summed E-state index contributed by atoms with van der Waals surface area (Å²) in [6, 6.07) is 10.1. The van der Waals surface area contributed by atoms with Gasteiger partial charge in [-0.05, 0) is 45.2 Å². The molecule has 1 aliphatic heterocycles. The SMILES string of the molecule is CC(NC(=O)CCC1CCNCC1)c1nc(-c2ccccc2)cs1. The smallest absolute Gasteiger partial charge is 0.220 e. The number of rotatable bonds is 6. The summed E-state index contributed by atoms with van der Waals surface area (Å²) in [6.07, 6.45) is 3.99. The summed E-state index contributed by atoms with van der Waals surface area (Å²) >= 11 is 1.61. The molecule has 0 radical (unpaired) electrons. The Kier molecular flexibility index (Phi) is 5.99. The lowest BCUT2D eigenvalue weighted by atomic mass is 9.93. The molecule has 2 heterocycles. The highest BCUT2D eigenvalue weighted by Gasteiger charge is 2.17. The third-order valence-corrected chi connectivity index (χ3v) is 5.61. The van der Waals surface area contributed by atoms with E-state index in [1.54, 1.807) is 11.3 Å². The van der Waals surface area contributed by atoms with Crippen LogP contribution in [0.15, 0.2) is 35.7 Å². The van der Waals surface area contributed by atoms with Crippen molar-refractivity contribution in [3.63, 3.8) is 0 Å². The Morgan fingerprint density at radius 3 is 2.83 bits per heavy atom. The molecule has 1 amide bonds. The van der Waals surface area contributed by atoms with Gasteiger partial charge in [0.15, 0.2) is 0 Å². The zero-order valence-electron chi connectivity index (χ0n) is 14.1. The maximum absolute atomic E-state index is 12.2. The van der Waals surface area contributed by atoms with Crippen LogP contribution >= 0.6 is 11.3 Å². The summed E-state index contributed by atoms with van der Waals surface area (Å²) in [4.78, 5) is 16.9. The fraction of sp³-hybridized carbons (Fsp3) is 0.474. The second-order valence-corrected chi connectivity index (χ2v) is 7.35. The number of hydrogen-bond acceptors (Lipinski definition) is 4. The van der Waals surface area contributed by atoms with E-state index in [0.29, 0.717) is 12.3 Å². The van der Waals surface area contributed by atoms with Gasteiger partial charge in [0.25, 0.3) is 0 Å². The molecule has 5 heteroatoms. The average molecular weight is 343 g/mol. The van der Waals surface area contributed by atoms with E-state index in [9.17, 15) is 4.79 Å². The van der Waals surface area contributed by atoms with E-state index in [1.165, 1.54) is 12.8 Å². The molecule has 1 aromatic heterocycles. The molecule has 24 heavy (non-hydrogen) atoms. The molecule has 0 bridgehead atoms. The highest BCUT2D eigenvalue weighted by molar-refractivity contribution is 7.10. The number of carbonyl (C=O) groups excluding carboxylic acids is 1. The molecule has 1 aromatic carbocycles. The first kappa shape index (κ1) is 17.1. The van der Waals surface area contributed by atoms with E-state index in [0.717, 1.165) is 35.8 Å². The quantitative estimate of drug-likeness (QED) is 0.839. The van der Waals surface area contributed by atoms with Crippen molar-refractivity contribution >= 4 is 17.2 Å². The molecular weight excluding hydrogens is 318 g/mol. The summed E-state index contributed by atoms with van der Waals surface area (Å²) < 4.78 is 0. The number of aromatic nitrogens is 1. The van der Waals surface area contributed by atoms with Crippen LogP contribution in [0.1, 0.15) is 43.7 Å². The van der Waals surface area contributed by atoms with Crippen molar-refractivity contribution < 1.29 is 4.79 Å². The number of amides is 1. The van der Waals surface area contributed by atoms with E-state index in [4.69, 9.17) is 0 Å². The van der Waals surface area contributed by atoms with Crippen LogP contribution in [-0.4, -0.2) is 24.0 Å². The molecule has 4 nitrogen and oxygen atoms in total. The maximum Gasteiger partial charge on any atom is 0.220 e. The van der Waals surface area contributed by atoms with Crippen molar-refractivity contribution in [2.75, 3.05) is 13.1 Å². The summed E-state index contributed by atoms with van der Waals surface area (Å²) in [7, 11) is 0. The van der Waals surface area contributed by atoms with E-state index >= 15 is 0 Å². The number of nitrogens with zero attached hydrogens (tertiary/aromatic N) is 1. The molecule has 0 spiro atoms. The van der Waals surface area contributed by atoms with Crippen LogP contribution in [-0.2, 0) is 4.79 Å². The van der Waals surface area contributed by atoms with Crippen LogP contribution in [0.4, 0.5) is 0 Å². The first-order chi connectivity index (χ1) is 11.7.